The number of imidazole rings is 1. The molecule has 4 rings (SSSR count). The van der Waals surface area contributed by atoms with Gasteiger partial charge in [0.05, 0.1) is 17.7 Å². The van der Waals surface area contributed by atoms with Crippen LogP contribution >= 0.6 is 0 Å². The average molecular weight is 514 g/mol. The zero-order valence-corrected chi connectivity index (χ0v) is 19.2. The lowest BCUT2D eigenvalue weighted by molar-refractivity contribution is -0.153. The molecule has 14 heteroatoms. The summed E-state index contributed by atoms with van der Waals surface area (Å²) in [5.41, 5.74) is -0.847. The number of rotatable bonds is 6. The van der Waals surface area contributed by atoms with E-state index in [2.05, 4.69) is 15.3 Å². The van der Waals surface area contributed by atoms with Crippen LogP contribution < -0.4 is 14.8 Å². The Morgan fingerprint density at radius 1 is 1.26 bits per heavy atom. The Balaban J connectivity index is 1.54. The van der Waals surface area contributed by atoms with Crippen molar-refractivity contribution in [2.24, 2.45) is 0 Å². The van der Waals surface area contributed by atoms with Crippen molar-refractivity contribution < 1.29 is 41.0 Å². The topological polar surface area (TPSA) is 132 Å². The summed E-state index contributed by atoms with van der Waals surface area (Å²) in [6, 6.07) is 5.51. The molecule has 1 aliphatic heterocycles. The number of fused-ring (bicyclic) bond motifs is 1. The van der Waals surface area contributed by atoms with Crippen LogP contribution in [-0.4, -0.2) is 63.6 Å². The molecule has 1 saturated heterocycles. The van der Waals surface area contributed by atoms with Crippen molar-refractivity contribution >= 4 is 21.4 Å². The molecule has 1 fully saturated rings. The van der Waals surface area contributed by atoms with Gasteiger partial charge in [0.25, 0.3) is 11.8 Å². The second kappa shape index (κ2) is 8.91. The molecule has 0 spiro atoms. The molecule has 35 heavy (non-hydrogen) atoms. The number of alkyl halides is 3. The van der Waals surface area contributed by atoms with Gasteiger partial charge >= 0.3 is 6.18 Å². The first-order chi connectivity index (χ1) is 16.3. The summed E-state index contributed by atoms with van der Waals surface area (Å²) in [5.74, 6) is -1.66. The lowest BCUT2D eigenvalue weighted by Crippen LogP contribution is -2.51. The van der Waals surface area contributed by atoms with E-state index in [0.29, 0.717) is 0 Å². The molecule has 0 radical (unpaired) electrons. The molecule has 3 aromatic heterocycles. The molecule has 0 atom stereocenters. The Morgan fingerprint density at radius 3 is 2.66 bits per heavy atom. The Morgan fingerprint density at radius 2 is 1.97 bits per heavy atom. The maximum absolute atomic E-state index is 12.8. The van der Waals surface area contributed by atoms with Gasteiger partial charge in [-0.2, -0.15) is 13.2 Å². The standard InChI is InChI=1S/C21H21F3N4O6S/c1-20(6-9-35(31,32)10-7-20)27-17(29)16-19(30)28-11-13(4-5-15(28)26-16)34-18-14(3-2-8-25-18)33-12-21(22,23)24/h2-5,8,11,30H,6-7,9-10,12H2,1H3,(H,27,29). The van der Waals surface area contributed by atoms with Crippen molar-refractivity contribution in [3.63, 3.8) is 0 Å². The molecule has 0 aromatic carbocycles. The Bertz CT molecular complexity index is 1360. The number of carbonyl (C=O) groups excluding carboxylic acids is 1. The van der Waals surface area contributed by atoms with Gasteiger partial charge in [0.1, 0.15) is 21.2 Å². The van der Waals surface area contributed by atoms with Gasteiger partial charge in [-0.1, -0.05) is 0 Å². The molecule has 0 bridgehead atoms. The van der Waals surface area contributed by atoms with E-state index in [0.717, 1.165) is 4.40 Å². The van der Waals surface area contributed by atoms with Crippen LogP contribution in [0.15, 0.2) is 36.7 Å². The smallest absolute Gasteiger partial charge is 0.422 e. The number of nitrogens with one attached hydrogen (secondary N) is 1. The molecule has 0 unspecified atom stereocenters. The van der Waals surface area contributed by atoms with Gasteiger partial charge in [-0.05, 0) is 44.0 Å². The number of carbonyl (C=O) groups is 1. The fourth-order valence-electron chi connectivity index (χ4n) is 3.51. The van der Waals surface area contributed by atoms with Gasteiger partial charge < -0.3 is 19.9 Å². The summed E-state index contributed by atoms with van der Waals surface area (Å²) in [4.78, 5) is 20.8. The second-order valence-corrected chi connectivity index (χ2v) is 10.7. The lowest BCUT2D eigenvalue weighted by atomic mass is 9.94. The van der Waals surface area contributed by atoms with Crippen molar-refractivity contribution in [2.45, 2.75) is 31.5 Å². The number of ether oxygens (including phenoxy) is 2. The zero-order valence-electron chi connectivity index (χ0n) is 18.4. The second-order valence-electron chi connectivity index (χ2n) is 8.36. The normalized spacial score (nSPS) is 17.1. The highest BCUT2D eigenvalue weighted by molar-refractivity contribution is 7.91. The monoisotopic (exact) mass is 514 g/mol. The first-order valence-corrected chi connectivity index (χ1v) is 12.2. The minimum Gasteiger partial charge on any atom is -0.492 e. The van der Waals surface area contributed by atoms with E-state index >= 15 is 0 Å². The van der Waals surface area contributed by atoms with Gasteiger partial charge in [-0.3, -0.25) is 9.20 Å². The molecule has 1 aliphatic rings. The summed E-state index contributed by atoms with van der Waals surface area (Å²) in [6.45, 7) is 0.198. The Kier molecular flexibility index (Phi) is 6.25. The van der Waals surface area contributed by atoms with Crippen LogP contribution in [0.5, 0.6) is 23.3 Å². The Labute approximate surface area is 197 Å². The third-order valence-corrected chi connectivity index (χ3v) is 7.12. The quantitative estimate of drug-likeness (QED) is 0.513. The number of nitrogens with zero attached hydrogens (tertiary/aromatic N) is 3. The van der Waals surface area contributed by atoms with Gasteiger partial charge in [0.15, 0.2) is 18.1 Å². The number of sulfone groups is 1. The summed E-state index contributed by atoms with van der Waals surface area (Å²) >= 11 is 0. The number of pyridine rings is 2. The maximum Gasteiger partial charge on any atom is 0.422 e. The molecular weight excluding hydrogens is 493 g/mol. The largest absolute Gasteiger partial charge is 0.492 e. The maximum atomic E-state index is 12.8. The molecule has 0 aliphatic carbocycles. The van der Waals surface area contributed by atoms with E-state index < -0.39 is 39.9 Å². The van der Waals surface area contributed by atoms with Gasteiger partial charge in [0, 0.05) is 11.7 Å². The van der Waals surface area contributed by atoms with Crippen molar-refractivity contribution in [2.75, 3.05) is 18.1 Å². The first kappa shape index (κ1) is 24.6. The minimum atomic E-state index is -4.55. The molecule has 0 saturated carbocycles. The predicted molar refractivity (Wildman–Crippen MR) is 116 cm³/mol. The number of aromatic nitrogens is 3. The molecule has 1 amide bonds. The van der Waals surface area contributed by atoms with Crippen LogP contribution in [0.3, 0.4) is 0 Å². The van der Waals surface area contributed by atoms with Crippen LogP contribution in [0.2, 0.25) is 0 Å². The average Bonchev–Trinajstić information content (AvgIpc) is 3.11. The molecule has 3 aromatic rings. The summed E-state index contributed by atoms with van der Waals surface area (Å²) < 4.78 is 72.4. The highest BCUT2D eigenvalue weighted by Crippen LogP contribution is 2.32. The van der Waals surface area contributed by atoms with Crippen LogP contribution in [0.25, 0.3) is 5.65 Å². The van der Waals surface area contributed by atoms with Crippen molar-refractivity contribution in [3.8, 4) is 23.3 Å². The zero-order chi connectivity index (χ0) is 25.4. The first-order valence-electron chi connectivity index (χ1n) is 10.4. The van der Waals surface area contributed by atoms with Crippen molar-refractivity contribution in [1.82, 2.24) is 19.7 Å². The molecular formula is C21H21F3N4O6S. The van der Waals surface area contributed by atoms with Crippen molar-refractivity contribution in [1.29, 1.82) is 0 Å². The lowest BCUT2D eigenvalue weighted by Gasteiger charge is -2.34. The van der Waals surface area contributed by atoms with E-state index in [1.54, 1.807) is 6.92 Å². The van der Waals surface area contributed by atoms with Crippen LogP contribution in [-0.2, 0) is 9.84 Å². The number of hydrogen-bond donors (Lipinski definition) is 2. The molecule has 10 nitrogen and oxygen atoms in total. The van der Waals surface area contributed by atoms with Gasteiger partial charge in [-0.25, -0.2) is 18.4 Å². The van der Waals surface area contributed by atoms with Crippen LogP contribution in [0, 0.1) is 0 Å². The fraction of sp³-hybridized carbons (Fsp3) is 0.381. The number of halogens is 3. The van der Waals surface area contributed by atoms with E-state index in [1.807, 2.05) is 0 Å². The predicted octanol–water partition coefficient (Wildman–Crippen LogP) is 2.87. The number of amides is 1. The number of aromatic hydroxyl groups is 1. The van der Waals surface area contributed by atoms with Crippen molar-refractivity contribution in [3.05, 3.63) is 42.4 Å². The third kappa shape index (κ3) is 5.75. The summed E-state index contributed by atoms with van der Waals surface area (Å²) in [5, 5.41) is 13.3. The fourth-order valence-corrected chi connectivity index (χ4v) is 5.23. The number of hydrogen-bond acceptors (Lipinski definition) is 8. The highest BCUT2D eigenvalue weighted by atomic mass is 32.2. The van der Waals surface area contributed by atoms with E-state index in [1.165, 1.54) is 36.7 Å². The van der Waals surface area contributed by atoms with Crippen LogP contribution in [0.4, 0.5) is 13.2 Å². The minimum absolute atomic E-state index is 0.0518. The van der Waals surface area contributed by atoms with Gasteiger partial charge in [-0.15, -0.1) is 0 Å². The summed E-state index contributed by atoms with van der Waals surface area (Å²) in [7, 11) is -3.13. The molecule has 2 N–H and O–H groups in total. The van der Waals surface area contributed by atoms with Gasteiger partial charge in [0.2, 0.25) is 5.88 Å². The Hall–Kier alpha value is -3.55. The highest BCUT2D eigenvalue weighted by Gasteiger charge is 2.36. The van der Waals surface area contributed by atoms with Crippen LogP contribution in [0.1, 0.15) is 30.3 Å². The SMILES string of the molecule is CC1(NC(=O)c2nc3ccc(Oc4ncccc4OCC(F)(F)F)cn3c2O)CCS(=O)(=O)CC1. The van der Waals surface area contributed by atoms with E-state index in [9.17, 15) is 31.5 Å². The van der Waals surface area contributed by atoms with E-state index in [-0.39, 0.29) is 53.1 Å². The van der Waals surface area contributed by atoms with E-state index in [4.69, 9.17) is 9.47 Å². The molecule has 188 valence electrons. The summed E-state index contributed by atoms with van der Waals surface area (Å²) in [6.07, 6.45) is -1.49. The molecule has 4 heterocycles. The third-order valence-electron chi connectivity index (χ3n) is 5.47.